The van der Waals surface area contributed by atoms with E-state index in [2.05, 4.69) is 5.32 Å². The molecule has 0 fully saturated rings. The number of hydrogen-bond donors (Lipinski definition) is 1. The Morgan fingerprint density at radius 1 is 0.943 bits per heavy atom. The Labute approximate surface area is 201 Å². The van der Waals surface area contributed by atoms with Crippen molar-refractivity contribution in [2.75, 3.05) is 19.0 Å². The molecule has 8 heteroatoms. The average molecular weight is 473 g/mol. The second-order valence-electron chi connectivity index (χ2n) is 7.73. The number of nitrogens with one attached hydrogen (secondary N) is 1. The summed E-state index contributed by atoms with van der Waals surface area (Å²) in [6.45, 7) is 2.82. The van der Waals surface area contributed by atoms with Crippen LogP contribution in [0.2, 0.25) is 0 Å². The SMILES string of the molecule is COc1ccc(Oc2c(C)oc3cc(OCC(=O)Nc4cccc(C(C)=O)c4)ccc3c2=O)cc1. The van der Waals surface area contributed by atoms with E-state index in [1.54, 1.807) is 80.8 Å². The van der Waals surface area contributed by atoms with Crippen LogP contribution in [0, 0.1) is 6.92 Å². The number of amides is 1. The van der Waals surface area contributed by atoms with Crippen molar-refractivity contribution in [1.82, 2.24) is 0 Å². The number of ether oxygens (including phenoxy) is 3. The molecule has 0 aliphatic rings. The molecule has 1 aromatic heterocycles. The number of anilines is 1. The van der Waals surface area contributed by atoms with Gasteiger partial charge in [-0.3, -0.25) is 14.4 Å². The van der Waals surface area contributed by atoms with E-state index in [0.717, 1.165) is 0 Å². The van der Waals surface area contributed by atoms with E-state index in [0.29, 0.717) is 45.2 Å². The summed E-state index contributed by atoms with van der Waals surface area (Å²) in [7, 11) is 1.57. The highest BCUT2D eigenvalue weighted by atomic mass is 16.5. The molecule has 0 spiro atoms. The van der Waals surface area contributed by atoms with E-state index < -0.39 is 5.91 Å². The number of Topliss-reactive ketones (excluding diaryl/α,β-unsaturated/α-hetero) is 1. The fourth-order valence-electron chi connectivity index (χ4n) is 3.40. The first-order valence-corrected chi connectivity index (χ1v) is 10.8. The number of methoxy groups -OCH3 is 1. The molecule has 4 rings (SSSR count). The van der Waals surface area contributed by atoms with Crippen molar-refractivity contribution in [3.63, 3.8) is 0 Å². The van der Waals surface area contributed by atoms with Gasteiger partial charge >= 0.3 is 0 Å². The summed E-state index contributed by atoms with van der Waals surface area (Å²) in [5.41, 5.74) is 0.977. The van der Waals surface area contributed by atoms with Gasteiger partial charge in [0, 0.05) is 17.3 Å². The lowest BCUT2D eigenvalue weighted by atomic mass is 10.1. The maximum Gasteiger partial charge on any atom is 0.262 e. The smallest absolute Gasteiger partial charge is 0.262 e. The minimum Gasteiger partial charge on any atom is -0.497 e. The third-order valence-electron chi connectivity index (χ3n) is 5.19. The maximum atomic E-state index is 13.0. The maximum absolute atomic E-state index is 13.0. The molecule has 1 N–H and O–H groups in total. The standard InChI is InChI=1S/C27H23NO7/c1-16(29)18-5-4-6-19(13-18)28-25(30)15-33-22-11-12-23-24(14-22)34-17(2)27(26(23)31)35-21-9-7-20(32-3)8-10-21/h4-14H,15H2,1-3H3,(H,28,30). The van der Waals surface area contributed by atoms with Gasteiger partial charge in [0.25, 0.3) is 5.91 Å². The van der Waals surface area contributed by atoms with E-state index in [1.165, 1.54) is 6.92 Å². The first kappa shape index (κ1) is 23.6. The summed E-state index contributed by atoms with van der Waals surface area (Å²) in [6, 6.07) is 18.2. The monoisotopic (exact) mass is 473 g/mol. The third kappa shape index (κ3) is 5.50. The summed E-state index contributed by atoms with van der Waals surface area (Å²) in [6.07, 6.45) is 0. The molecule has 3 aromatic carbocycles. The topological polar surface area (TPSA) is 104 Å². The van der Waals surface area contributed by atoms with Crippen LogP contribution < -0.4 is 25.0 Å². The number of benzene rings is 3. The van der Waals surface area contributed by atoms with Crippen molar-refractivity contribution < 1.29 is 28.2 Å². The zero-order chi connectivity index (χ0) is 24.9. The fourth-order valence-corrected chi connectivity index (χ4v) is 3.40. The van der Waals surface area contributed by atoms with Gasteiger partial charge in [0.05, 0.1) is 12.5 Å². The molecule has 0 bridgehead atoms. The third-order valence-corrected chi connectivity index (χ3v) is 5.19. The zero-order valence-corrected chi connectivity index (χ0v) is 19.4. The Balaban J connectivity index is 1.47. The van der Waals surface area contributed by atoms with Crippen LogP contribution >= 0.6 is 0 Å². The van der Waals surface area contributed by atoms with E-state index in [1.807, 2.05) is 0 Å². The van der Waals surface area contributed by atoms with Crippen molar-refractivity contribution in [2.45, 2.75) is 13.8 Å². The summed E-state index contributed by atoms with van der Waals surface area (Å²) in [5, 5.41) is 3.00. The van der Waals surface area contributed by atoms with Crippen molar-refractivity contribution >= 4 is 28.3 Å². The molecule has 178 valence electrons. The predicted molar refractivity (Wildman–Crippen MR) is 131 cm³/mol. The van der Waals surface area contributed by atoms with Gasteiger partial charge in [-0.1, -0.05) is 12.1 Å². The number of rotatable bonds is 8. The summed E-state index contributed by atoms with van der Waals surface area (Å²) in [5.74, 6) is 1.40. The van der Waals surface area contributed by atoms with Crippen LogP contribution in [0.4, 0.5) is 5.69 Å². The van der Waals surface area contributed by atoms with Crippen molar-refractivity contribution in [2.24, 2.45) is 0 Å². The Hall–Kier alpha value is -4.59. The van der Waals surface area contributed by atoms with Gasteiger partial charge in [0.1, 0.15) is 28.6 Å². The summed E-state index contributed by atoms with van der Waals surface area (Å²) < 4.78 is 22.3. The highest BCUT2D eigenvalue weighted by Gasteiger charge is 2.15. The van der Waals surface area contributed by atoms with Crippen LogP contribution in [-0.2, 0) is 4.79 Å². The van der Waals surface area contributed by atoms with Crippen LogP contribution in [0.15, 0.2) is 75.9 Å². The largest absolute Gasteiger partial charge is 0.497 e. The fraction of sp³-hybridized carbons (Fsp3) is 0.148. The van der Waals surface area contributed by atoms with Gasteiger partial charge in [0.15, 0.2) is 12.4 Å². The minimum atomic E-state index is -0.397. The number of aryl methyl sites for hydroxylation is 1. The zero-order valence-electron chi connectivity index (χ0n) is 19.4. The van der Waals surface area contributed by atoms with Gasteiger partial charge in [-0.25, -0.2) is 0 Å². The van der Waals surface area contributed by atoms with Crippen LogP contribution in [0.1, 0.15) is 23.0 Å². The van der Waals surface area contributed by atoms with Gasteiger partial charge in [0.2, 0.25) is 11.2 Å². The molecular formula is C27H23NO7. The molecule has 35 heavy (non-hydrogen) atoms. The molecule has 1 heterocycles. The predicted octanol–water partition coefficient (Wildman–Crippen LogP) is 5.12. The van der Waals surface area contributed by atoms with Crippen LogP contribution in [0.5, 0.6) is 23.0 Å². The Kier molecular flexibility index (Phi) is 6.82. The molecule has 0 aliphatic carbocycles. The normalized spacial score (nSPS) is 10.6. The molecule has 0 atom stereocenters. The first-order chi connectivity index (χ1) is 16.8. The first-order valence-electron chi connectivity index (χ1n) is 10.8. The molecule has 1 amide bonds. The second-order valence-corrected chi connectivity index (χ2v) is 7.73. The molecule has 0 aliphatic heterocycles. The molecular weight excluding hydrogens is 450 g/mol. The number of carbonyl (C=O) groups is 2. The highest BCUT2D eigenvalue weighted by Crippen LogP contribution is 2.28. The molecule has 0 saturated heterocycles. The number of carbonyl (C=O) groups excluding carboxylic acids is 2. The van der Waals surface area contributed by atoms with E-state index in [9.17, 15) is 14.4 Å². The Morgan fingerprint density at radius 2 is 1.66 bits per heavy atom. The van der Waals surface area contributed by atoms with Crippen molar-refractivity contribution in [1.29, 1.82) is 0 Å². The van der Waals surface area contributed by atoms with Crippen LogP contribution in [-0.4, -0.2) is 25.4 Å². The number of ketones is 1. The lowest BCUT2D eigenvalue weighted by Gasteiger charge is -2.11. The van der Waals surface area contributed by atoms with Crippen LogP contribution in [0.25, 0.3) is 11.0 Å². The quantitative estimate of drug-likeness (QED) is 0.354. The molecule has 0 unspecified atom stereocenters. The molecule has 0 radical (unpaired) electrons. The van der Waals surface area contributed by atoms with Crippen LogP contribution in [0.3, 0.4) is 0 Å². The summed E-state index contributed by atoms with van der Waals surface area (Å²) >= 11 is 0. The van der Waals surface area contributed by atoms with Gasteiger partial charge in [-0.2, -0.15) is 0 Å². The number of fused-ring (bicyclic) bond motifs is 1. The Bertz CT molecular complexity index is 1460. The lowest BCUT2D eigenvalue weighted by Crippen LogP contribution is -2.20. The van der Waals surface area contributed by atoms with Gasteiger partial charge in [-0.15, -0.1) is 0 Å². The Morgan fingerprint density at radius 3 is 2.37 bits per heavy atom. The van der Waals surface area contributed by atoms with E-state index in [-0.39, 0.29) is 23.6 Å². The highest BCUT2D eigenvalue weighted by molar-refractivity contribution is 5.97. The van der Waals surface area contributed by atoms with E-state index in [4.69, 9.17) is 18.6 Å². The minimum absolute atomic E-state index is 0.0866. The molecule has 4 aromatic rings. The van der Waals surface area contributed by atoms with E-state index >= 15 is 0 Å². The molecule has 0 saturated carbocycles. The van der Waals surface area contributed by atoms with Crippen molar-refractivity contribution in [3.8, 4) is 23.0 Å². The van der Waals surface area contributed by atoms with Gasteiger partial charge < -0.3 is 23.9 Å². The van der Waals surface area contributed by atoms with Gasteiger partial charge in [-0.05, 0) is 62.4 Å². The number of hydrogen-bond acceptors (Lipinski definition) is 7. The van der Waals surface area contributed by atoms with Crippen molar-refractivity contribution in [3.05, 3.63) is 88.3 Å². The molecule has 8 nitrogen and oxygen atoms in total. The average Bonchev–Trinajstić information content (AvgIpc) is 2.85. The lowest BCUT2D eigenvalue weighted by molar-refractivity contribution is -0.118. The second kappa shape index (κ2) is 10.1. The summed E-state index contributed by atoms with van der Waals surface area (Å²) in [4.78, 5) is 36.8.